The second-order valence-corrected chi connectivity index (χ2v) is 14.4. The standard InChI is InChI=1S/C38H72O5S2/c1-3-5-7-9-11-13-15-17-19-21-23-25-27-29-35(44)42-34(31-39)38-37(33(40)32-41-38)43-36(45)30-28-26-24-22-20-18-16-14-12-10-8-6-4-2/h33-34,37-40H,3-32H2,1-2H3/t33-,34+,37-,38-/m0/s1. The van der Waals surface area contributed by atoms with E-state index in [9.17, 15) is 10.2 Å². The Hall–Kier alpha value is -0.340. The second kappa shape index (κ2) is 31.0. The van der Waals surface area contributed by atoms with E-state index in [4.69, 9.17) is 38.6 Å². The van der Waals surface area contributed by atoms with Crippen molar-refractivity contribution >= 4 is 34.5 Å². The van der Waals surface area contributed by atoms with E-state index in [1.165, 1.54) is 141 Å². The maximum atomic E-state index is 10.5. The number of ether oxygens (including phenoxy) is 3. The monoisotopic (exact) mass is 672 g/mol. The Kier molecular flexibility index (Phi) is 29.4. The van der Waals surface area contributed by atoms with Gasteiger partial charge in [-0.25, -0.2) is 0 Å². The lowest BCUT2D eigenvalue weighted by atomic mass is 10.0. The minimum Gasteiger partial charge on any atom is -0.479 e. The van der Waals surface area contributed by atoms with Gasteiger partial charge in [-0.3, -0.25) is 0 Å². The molecule has 5 nitrogen and oxygen atoms in total. The fraction of sp³-hybridized carbons (Fsp3) is 0.947. The first-order valence-corrected chi connectivity index (χ1v) is 20.1. The Morgan fingerprint density at radius 2 is 0.956 bits per heavy atom. The van der Waals surface area contributed by atoms with Crippen LogP contribution in [0.5, 0.6) is 0 Å². The summed E-state index contributed by atoms with van der Waals surface area (Å²) in [6.07, 6.45) is 32.7. The minimum atomic E-state index is -0.799. The Balaban J connectivity index is 2.13. The molecule has 2 N–H and O–H groups in total. The lowest BCUT2D eigenvalue weighted by Crippen LogP contribution is -2.45. The molecule has 266 valence electrons. The van der Waals surface area contributed by atoms with Crippen molar-refractivity contribution < 1.29 is 24.4 Å². The summed E-state index contributed by atoms with van der Waals surface area (Å²) in [6.45, 7) is 4.43. The number of thiocarbonyl (C=S) groups is 2. The predicted molar refractivity (Wildman–Crippen MR) is 198 cm³/mol. The summed E-state index contributed by atoms with van der Waals surface area (Å²) in [5.74, 6) is 0. The molecule has 1 aliphatic rings. The molecule has 1 heterocycles. The van der Waals surface area contributed by atoms with Crippen molar-refractivity contribution in [3.05, 3.63) is 0 Å². The fourth-order valence-corrected chi connectivity index (χ4v) is 6.83. The van der Waals surface area contributed by atoms with Gasteiger partial charge in [0.15, 0.2) is 22.3 Å². The first-order chi connectivity index (χ1) is 22.0. The van der Waals surface area contributed by atoms with E-state index >= 15 is 0 Å². The zero-order valence-electron chi connectivity index (χ0n) is 29.5. The van der Waals surface area contributed by atoms with Crippen LogP contribution in [0.4, 0.5) is 0 Å². The molecule has 4 atom stereocenters. The molecule has 0 bridgehead atoms. The van der Waals surface area contributed by atoms with Crippen molar-refractivity contribution in [3.8, 4) is 0 Å². The SMILES string of the molecule is CCCCCCCCCCCCCCCC(=S)O[C@@H]1[C@H]([C@@H](CO)OC(=S)CCCCCCCCCCCCCCC)OC[C@@H]1O. The smallest absolute Gasteiger partial charge is 0.160 e. The fourth-order valence-electron chi connectivity index (χ4n) is 6.30. The van der Waals surface area contributed by atoms with Crippen molar-refractivity contribution in [2.24, 2.45) is 0 Å². The summed E-state index contributed by atoms with van der Waals surface area (Å²) < 4.78 is 17.8. The highest BCUT2D eigenvalue weighted by Gasteiger charge is 2.44. The number of hydrogen-bond donors (Lipinski definition) is 2. The molecule has 1 fully saturated rings. The third-order valence-corrected chi connectivity index (χ3v) is 9.83. The second-order valence-electron chi connectivity index (χ2n) is 13.5. The van der Waals surface area contributed by atoms with Gasteiger partial charge < -0.3 is 24.4 Å². The van der Waals surface area contributed by atoms with Crippen molar-refractivity contribution in [3.63, 3.8) is 0 Å². The summed E-state index contributed by atoms with van der Waals surface area (Å²) in [5.41, 5.74) is 0. The van der Waals surface area contributed by atoms with Crippen LogP contribution in [0.3, 0.4) is 0 Å². The predicted octanol–water partition coefficient (Wildman–Crippen LogP) is 11.1. The van der Waals surface area contributed by atoms with E-state index in [2.05, 4.69) is 13.8 Å². The number of aliphatic hydroxyl groups is 2. The molecule has 0 aromatic carbocycles. The van der Waals surface area contributed by atoms with E-state index in [0.717, 1.165) is 25.7 Å². The molecule has 0 amide bonds. The highest BCUT2D eigenvalue weighted by molar-refractivity contribution is 7.80. The molecule has 1 aliphatic heterocycles. The van der Waals surface area contributed by atoms with Crippen LogP contribution in [0.2, 0.25) is 0 Å². The van der Waals surface area contributed by atoms with Crippen LogP contribution in [-0.2, 0) is 14.2 Å². The maximum Gasteiger partial charge on any atom is 0.160 e. The average molecular weight is 673 g/mol. The number of unbranched alkanes of at least 4 members (excludes halogenated alkanes) is 24. The molecular formula is C38H72O5S2. The van der Waals surface area contributed by atoms with Crippen LogP contribution in [0.1, 0.15) is 194 Å². The first-order valence-electron chi connectivity index (χ1n) is 19.3. The van der Waals surface area contributed by atoms with E-state index in [1.54, 1.807) is 0 Å². The topological polar surface area (TPSA) is 68.2 Å². The third-order valence-electron chi connectivity index (χ3n) is 9.23. The van der Waals surface area contributed by atoms with Gasteiger partial charge in [-0.1, -0.05) is 168 Å². The lowest BCUT2D eigenvalue weighted by Gasteiger charge is -2.28. The molecule has 0 aromatic heterocycles. The summed E-state index contributed by atoms with van der Waals surface area (Å²) in [4.78, 5) is 0. The first kappa shape index (κ1) is 42.7. The van der Waals surface area contributed by atoms with Crippen LogP contribution in [0, 0.1) is 0 Å². The molecule has 45 heavy (non-hydrogen) atoms. The van der Waals surface area contributed by atoms with Gasteiger partial charge >= 0.3 is 0 Å². The molecule has 7 heteroatoms. The molecule has 0 spiro atoms. The highest BCUT2D eigenvalue weighted by atomic mass is 32.1. The number of hydrogen-bond acceptors (Lipinski definition) is 7. The van der Waals surface area contributed by atoms with Gasteiger partial charge in [0.1, 0.15) is 12.2 Å². The van der Waals surface area contributed by atoms with Crippen LogP contribution in [-0.4, -0.2) is 57.9 Å². The number of rotatable bonds is 32. The summed E-state index contributed by atoms with van der Waals surface area (Å²) in [5, 5.41) is 21.6. The molecule has 0 unspecified atom stereocenters. The summed E-state index contributed by atoms with van der Waals surface area (Å²) in [7, 11) is 0. The van der Waals surface area contributed by atoms with Crippen molar-refractivity contribution in [1.82, 2.24) is 0 Å². The van der Waals surface area contributed by atoms with Crippen LogP contribution >= 0.6 is 24.4 Å². The van der Waals surface area contributed by atoms with Gasteiger partial charge in [-0.05, 0) is 37.3 Å². The van der Waals surface area contributed by atoms with Crippen molar-refractivity contribution in [1.29, 1.82) is 0 Å². The van der Waals surface area contributed by atoms with Crippen molar-refractivity contribution in [2.45, 2.75) is 218 Å². The lowest BCUT2D eigenvalue weighted by molar-refractivity contribution is -0.0577. The molecular weight excluding hydrogens is 601 g/mol. The Morgan fingerprint density at radius 3 is 1.33 bits per heavy atom. The van der Waals surface area contributed by atoms with Gasteiger partial charge in [-0.2, -0.15) is 0 Å². The summed E-state index contributed by atoms with van der Waals surface area (Å²) >= 11 is 11.0. The Morgan fingerprint density at radius 1 is 0.600 bits per heavy atom. The van der Waals surface area contributed by atoms with Crippen LogP contribution in [0.25, 0.3) is 0 Å². The Labute approximate surface area is 289 Å². The normalized spacial score (nSPS) is 18.7. The summed E-state index contributed by atoms with van der Waals surface area (Å²) in [6, 6.07) is 0. The van der Waals surface area contributed by atoms with E-state index in [-0.39, 0.29) is 13.2 Å². The zero-order chi connectivity index (χ0) is 32.8. The highest BCUT2D eigenvalue weighted by Crippen LogP contribution is 2.25. The third kappa shape index (κ3) is 23.6. The van der Waals surface area contributed by atoms with Gasteiger partial charge in [0, 0.05) is 12.8 Å². The molecule has 0 saturated carbocycles. The molecule has 0 radical (unpaired) electrons. The van der Waals surface area contributed by atoms with E-state index in [1.807, 2.05) is 0 Å². The van der Waals surface area contributed by atoms with Gasteiger partial charge in [0.2, 0.25) is 0 Å². The molecule has 0 aliphatic carbocycles. The number of aliphatic hydroxyl groups excluding tert-OH is 2. The zero-order valence-corrected chi connectivity index (χ0v) is 31.1. The average Bonchev–Trinajstić information content (AvgIpc) is 3.39. The Bertz CT molecular complexity index is 691. The quantitative estimate of drug-likeness (QED) is 0.0544. The van der Waals surface area contributed by atoms with Gasteiger partial charge in [0.05, 0.1) is 13.2 Å². The maximum absolute atomic E-state index is 10.5. The molecule has 1 rings (SSSR count). The van der Waals surface area contributed by atoms with Crippen LogP contribution < -0.4 is 0 Å². The van der Waals surface area contributed by atoms with Crippen molar-refractivity contribution in [2.75, 3.05) is 13.2 Å². The molecule has 1 saturated heterocycles. The van der Waals surface area contributed by atoms with Gasteiger partial charge in [0.25, 0.3) is 0 Å². The molecule has 0 aromatic rings. The van der Waals surface area contributed by atoms with Crippen LogP contribution in [0.15, 0.2) is 0 Å². The minimum absolute atomic E-state index is 0.141. The van der Waals surface area contributed by atoms with E-state index < -0.39 is 24.4 Å². The largest absolute Gasteiger partial charge is 0.479 e. The van der Waals surface area contributed by atoms with E-state index in [0.29, 0.717) is 22.9 Å². The van der Waals surface area contributed by atoms with Gasteiger partial charge in [-0.15, -0.1) is 0 Å².